The number of hydrogen-bond donors (Lipinski definition) is 0. The van der Waals surface area contributed by atoms with Gasteiger partial charge >= 0.3 is 0 Å². The standard InChI is InChI=1S/C16H20N2O2S/c1-11(2)17-7-5-12(6-8-17)15-10-21-16-4-3-13(18(19)20)9-14(15)16/h3-4,9-12H,5-8H2,1-2H3. The molecule has 21 heavy (non-hydrogen) atoms. The second kappa shape index (κ2) is 5.73. The molecular formula is C16H20N2O2S. The molecule has 2 heterocycles. The maximum Gasteiger partial charge on any atom is 0.270 e. The fourth-order valence-corrected chi connectivity index (χ4v) is 4.22. The summed E-state index contributed by atoms with van der Waals surface area (Å²) < 4.78 is 1.15. The molecule has 1 fully saturated rings. The zero-order chi connectivity index (χ0) is 15.0. The van der Waals surface area contributed by atoms with Crippen LogP contribution in [-0.4, -0.2) is 29.0 Å². The number of benzene rings is 1. The lowest BCUT2D eigenvalue weighted by Gasteiger charge is -2.34. The second-order valence-corrected chi connectivity index (χ2v) is 6.94. The minimum atomic E-state index is -0.303. The van der Waals surface area contributed by atoms with E-state index in [1.54, 1.807) is 23.5 Å². The molecule has 0 atom stereocenters. The normalized spacial score (nSPS) is 17.7. The monoisotopic (exact) mass is 304 g/mol. The van der Waals surface area contributed by atoms with Gasteiger partial charge in [0.1, 0.15) is 0 Å². The number of nitro groups is 1. The molecule has 1 aliphatic rings. The summed E-state index contributed by atoms with van der Waals surface area (Å²) in [6, 6.07) is 5.83. The number of likely N-dealkylation sites (tertiary alicyclic amines) is 1. The first-order valence-corrected chi connectivity index (χ1v) is 8.34. The molecule has 1 aromatic heterocycles. The Morgan fingerprint density at radius 3 is 2.67 bits per heavy atom. The van der Waals surface area contributed by atoms with E-state index >= 15 is 0 Å². The van der Waals surface area contributed by atoms with Gasteiger partial charge in [-0.25, -0.2) is 0 Å². The number of nitrogens with zero attached hydrogens (tertiary/aromatic N) is 2. The van der Waals surface area contributed by atoms with Crippen molar-refractivity contribution in [1.82, 2.24) is 4.90 Å². The number of thiophene rings is 1. The van der Waals surface area contributed by atoms with E-state index in [-0.39, 0.29) is 10.6 Å². The summed E-state index contributed by atoms with van der Waals surface area (Å²) in [6.07, 6.45) is 2.29. The van der Waals surface area contributed by atoms with Crippen molar-refractivity contribution in [2.45, 2.75) is 38.6 Å². The predicted molar refractivity (Wildman–Crippen MR) is 87.2 cm³/mol. The molecule has 4 nitrogen and oxygen atoms in total. The Hall–Kier alpha value is -1.46. The molecule has 2 aromatic rings. The van der Waals surface area contributed by atoms with Crippen LogP contribution in [0.1, 0.15) is 38.2 Å². The first-order valence-electron chi connectivity index (χ1n) is 7.46. The van der Waals surface area contributed by atoms with Crippen molar-refractivity contribution in [1.29, 1.82) is 0 Å². The Labute approximate surface area is 128 Å². The lowest BCUT2D eigenvalue weighted by Crippen LogP contribution is -2.37. The van der Waals surface area contributed by atoms with Gasteiger partial charge in [-0.05, 0) is 62.7 Å². The van der Waals surface area contributed by atoms with Crippen LogP contribution in [0.25, 0.3) is 10.1 Å². The van der Waals surface area contributed by atoms with Crippen molar-refractivity contribution >= 4 is 27.1 Å². The Balaban J connectivity index is 1.87. The van der Waals surface area contributed by atoms with Gasteiger partial charge in [0.25, 0.3) is 5.69 Å². The van der Waals surface area contributed by atoms with Crippen LogP contribution < -0.4 is 0 Å². The third kappa shape index (κ3) is 2.80. The molecule has 0 saturated carbocycles. The highest BCUT2D eigenvalue weighted by molar-refractivity contribution is 7.17. The first kappa shape index (κ1) is 14.5. The van der Waals surface area contributed by atoms with E-state index in [2.05, 4.69) is 24.1 Å². The quantitative estimate of drug-likeness (QED) is 0.624. The fourth-order valence-electron chi connectivity index (χ4n) is 3.19. The maximum atomic E-state index is 11.0. The highest BCUT2D eigenvalue weighted by Gasteiger charge is 2.24. The van der Waals surface area contributed by atoms with Gasteiger partial charge < -0.3 is 4.90 Å². The zero-order valence-electron chi connectivity index (χ0n) is 12.4. The molecule has 0 unspecified atom stereocenters. The maximum absolute atomic E-state index is 11.0. The minimum absolute atomic E-state index is 0.196. The summed E-state index contributed by atoms with van der Waals surface area (Å²) in [5.41, 5.74) is 1.50. The van der Waals surface area contributed by atoms with E-state index in [4.69, 9.17) is 0 Å². The molecule has 1 saturated heterocycles. The third-order valence-electron chi connectivity index (χ3n) is 4.50. The first-order chi connectivity index (χ1) is 10.1. The summed E-state index contributed by atoms with van der Waals surface area (Å²) in [7, 11) is 0. The van der Waals surface area contributed by atoms with Gasteiger partial charge in [-0.2, -0.15) is 0 Å². The molecule has 0 aliphatic carbocycles. The Morgan fingerprint density at radius 2 is 2.05 bits per heavy atom. The van der Waals surface area contributed by atoms with Crippen molar-refractivity contribution in [3.63, 3.8) is 0 Å². The summed E-state index contributed by atoms with van der Waals surface area (Å²) in [4.78, 5) is 13.2. The van der Waals surface area contributed by atoms with Gasteiger partial charge in [0, 0.05) is 28.3 Å². The summed E-state index contributed by atoms with van der Waals surface area (Å²) in [5, 5.41) is 14.3. The number of nitro benzene ring substituents is 1. The molecule has 0 amide bonds. The molecule has 0 bridgehead atoms. The van der Waals surface area contributed by atoms with Crippen molar-refractivity contribution < 1.29 is 4.92 Å². The van der Waals surface area contributed by atoms with Crippen LogP contribution >= 0.6 is 11.3 Å². The van der Waals surface area contributed by atoms with E-state index in [1.807, 2.05) is 6.07 Å². The topological polar surface area (TPSA) is 46.4 Å². The van der Waals surface area contributed by atoms with Crippen molar-refractivity contribution in [3.8, 4) is 0 Å². The van der Waals surface area contributed by atoms with Gasteiger partial charge in [0.15, 0.2) is 0 Å². The number of rotatable bonds is 3. The molecule has 1 aliphatic heterocycles. The number of fused-ring (bicyclic) bond motifs is 1. The van der Waals surface area contributed by atoms with Crippen molar-refractivity contribution in [2.75, 3.05) is 13.1 Å². The Morgan fingerprint density at radius 1 is 1.33 bits per heavy atom. The smallest absolute Gasteiger partial charge is 0.270 e. The molecule has 0 spiro atoms. The van der Waals surface area contributed by atoms with Gasteiger partial charge in [0.05, 0.1) is 4.92 Å². The van der Waals surface area contributed by atoms with E-state index in [0.717, 1.165) is 36.0 Å². The summed E-state index contributed by atoms with van der Waals surface area (Å²) in [6.45, 7) is 6.72. The van der Waals surface area contributed by atoms with Crippen LogP contribution in [0, 0.1) is 10.1 Å². The lowest BCUT2D eigenvalue weighted by atomic mass is 9.88. The van der Waals surface area contributed by atoms with Gasteiger partial charge in [-0.1, -0.05) is 0 Å². The minimum Gasteiger partial charge on any atom is -0.301 e. The summed E-state index contributed by atoms with van der Waals surface area (Å²) in [5.74, 6) is 0.538. The van der Waals surface area contributed by atoms with E-state index in [9.17, 15) is 10.1 Å². The number of hydrogen-bond acceptors (Lipinski definition) is 4. The fraction of sp³-hybridized carbons (Fsp3) is 0.500. The van der Waals surface area contributed by atoms with Crippen molar-refractivity contribution in [2.24, 2.45) is 0 Å². The zero-order valence-corrected chi connectivity index (χ0v) is 13.2. The number of piperidine rings is 1. The van der Waals surface area contributed by atoms with E-state index in [1.165, 1.54) is 5.56 Å². The molecule has 1 aromatic carbocycles. The highest BCUT2D eigenvalue weighted by atomic mass is 32.1. The Kier molecular flexibility index (Phi) is 3.95. The van der Waals surface area contributed by atoms with Crippen LogP contribution in [0.15, 0.2) is 23.6 Å². The van der Waals surface area contributed by atoms with Crippen LogP contribution in [0.2, 0.25) is 0 Å². The molecule has 5 heteroatoms. The van der Waals surface area contributed by atoms with Gasteiger partial charge in [-0.3, -0.25) is 10.1 Å². The predicted octanol–water partition coefficient (Wildman–Crippen LogP) is 4.40. The van der Waals surface area contributed by atoms with E-state index < -0.39 is 0 Å². The van der Waals surface area contributed by atoms with Crippen LogP contribution in [0.4, 0.5) is 5.69 Å². The van der Waals surface area contributed by atoms with Crippen LogP contribution in [0.5, 0.6) is 0 Å². The number of non-ortho nitro benzene ring substituents is 1. The van der Waals surface area contributed by atoms with Gasteiger partial charge in [0.2, 0.25) is 0 Å². The molecular weight excluding hydrogens is 284 g/mol. The van der Waals surface area contributed by atoms with Gasteiger partial charge in [-0.15, -0.1) is 11.3 Å². The van der Waals surface area contributed by atoms with Crippen LogP contribution in [0.3, 0.4) is 0 Å². The molecule has 112 valence electrons. The average Bonchev–Trinajstić information content (AvgIpc) is 2.90. The molecule has 0 N–H and O–H groups in total. The average molecular weight is 304 g/mol. The third-order valence-corrected chi connectivity index (χ3v) is 5.48. The largest absolute Gasteiger partial charge is 0.301 e. The Bertz CT molecular complexity index is 657. The lowest BCUT2D eigenvalue weighted by molar-refractivity contribution is -0.384. The SMILES string of the molecule is CC(C)N1CCC(c2csc3ccc([N+](=O)[O-])cc23)CC1. The molecule has 3 rings (SSSR count). The molecule has 0 radical (unpaired) electrons. The highest BCUT2D eigenvalue weighted by Crippen LogP contribution is 2.38. The summed E-state index contributed by atoms with van der Waals surface area (Å²) >= 11 is 1.70. The van der Waals surface area contributed by atoms with Crippen LogP contribution in [-0.2, 0) is 0 Å². The second-order valence-electron chi connectivity index (χ2n) is 6.03. The van der Waals surface area contributed by atoms with Crippen molar-refractivity contribution in [3.05, 3.63) is 39.3 Å². The van der Waals surface area contributed by atoms with E-state index in [0.29, 0.717) is 12.0 Å².